The fraction of sp³-hybridized carbons (Fsp3) is 0.278. The average Bonchev–Trinajstić information content (AvgIpc) is 3.28. The van der Waals surface area contributed by atoms with Gasteiger partial charge in [-0.1, -0.05) is 18.2 Å². The van der Waals surface area contributed by atoms with Crippen LogP contribution in [0, 0.1) is 13.8 Å². The van der Waals surface area contributed by atoms with Crippen LogP contribution in [0.15, 0.2) is 47.4 Å². The lowest BCUT2D eigenvalue weighted by Gasteiger charge is -2.14. The van der Waals surface area contributed by atoms with Gasteiger partial charge in [-0.2, -0.15) is 0 Å². The van der Waals surface area contributed by atoms with E-state index in [4.69, 9.17) is 5.73 Å². The second-order valence-electron chi connectivity index (χ2n) is 6.57. The van der Waals surface area contributed by atoms with Crippen molar-refractivity contribution in [1.29, 1.82) is 0 Å². The second-order valence-corrected chi connectivity index (χ2v) is 8.22. The molecule has 0 atom stereocenters. The fourth-order valence-electron chi connectivity index (χ4n) is 2.50. The smallest absolute Gasteiger partial charge is 0.262 e. The largest absolute Gasteiger partial charge is 0.324 e. The first kappa shape index (κ1) is 17.4. The fourth-order valence-corrected chi connectivity index (χ4v) is 3.82. The molecule has 4 N–H and O–H groups in total. The van der Waals surface area contributed by atoms with E-state index in [0.717, 1.165) is 5.56 Å². The summed E-state index contributed by atoms with van der Waals surface area (Å²) >= 11 is 0. The summed E-state index contributed by atoms with van der Waals surface area (Å²) in [7, 11) is -3.77. The number of amides is 1. The molecule has 0 spiro atoms. The van der Waals surface area contributed by atoms with Crippen LogP contribution in [0.5, 0.6) is 0 Å². The molecule has 2 aromatic rings. The van der Waals surface area contributed by atoms with Crippen LogP contribution in [-0.2, 0) is 14.8 Å². The molecule has 0 unspecified atom stereocenters. The van der Waals surface area contributed by atoms with E-state index in [-0.39, 0.29) is 10.8 Å². The molecule has 0 bridgehead atoms. The van der Waals surface area contributed by atoms with Crippen LogP contribution >= 0.6 is 0 Å². The normalized spacial score (nSPS) is 15.5. The van der Waals surface area contributed by atoms with Crippen LogP contribution < -0.4 is 15.8 Å². The van der Waals surface area contributed by atoms with Crippen molar-refractivity contribution in [3.63, 3.8) is 0 Å². The molecule has 0 heterocycles. The number of rotatable bonds is 5. The third kappa shape index (κ3) is 3.83. The molecule has 1 fully saturated rings. The zero-order valence-corrected chi connectivity index (χ0v) is 15.0. The van der Waals surface area contributed by atoms with Crippen molar-refractivity contribution in [1.82, 2.24) is 0 Å². The first-order valence-corrected chi connectivity index (χ1v) is 9.48. The van der Waals surface area contributed by atoms with E-state index in [2.05, 4.69) is 10.0 Å². The Balaban J connectivity index is 1.87. The Hall–Kier alpha value is -2.38. The molecule has 25 heavy (non-hydrogen) atoms. The van der Waals surface area contributed by atoms with Gasteiger partial charge in [0.15, 0.2) is 0 Å². The van der Waals surface area contributed by atoms with Crippen LogP contribution in [-0.4, -0.2) is 19.9 Å². The van der Waals surface area contributed by atoms with E-state index in [1.54, 1.807) is 37.3 Å². The highest BCUT2D eigenvalue weighted by Gasteiger charge is 2.46. The Bertz CT molecular complexity index is 934. The van der Waals surface area contributed by atoms with Gasteiger partial charge < -0.3 is 11.1 Å². The van der Waals surface area contributed by atoms with E-state index in [1.807, 2.05) is 13.0 Å². The summed E-state index contributed by atoms with van der Waals surface area (Å²) in [6, 6.07) is 11.9. The molecule has 0 saturated heterocycles. The van der Waals surface area contributed by atoms with Crippen molar-refractivity contribution in [3.8, 4) is 0 Å². The van der Waals surface area contributed by atoms with Crippen molar-refractivity contribution < 1.29 is 13.2 Å². The van der Waals surface area contributed by atoms with Gasteiger partial charge in [0, 0.05) is 11.4 Å². The standard InChI is InChI=1S/C18H21N3O3S/c1-12-4-3-5-15(10-12)21-25(23,24)16-11-14(7-6-13(16)2)20-17(22)18(19)8-9-18/h3-7,10-11,21H,8-9,19H2,1-2H3,(H,20,22). The molecule has 1 saturated carbocycles. The van der Waals surface area contributed by atoms with Crippen molar-refractivity contribution >= 4 is 27.3 Å². The van der Waals surface area contributed by atoms with E-state index in [0.29, 0.717) is 29.8 Å². The highest BCUT2D eigenvalue weighted by atomic mass is 32.2. The molecule has 3 rings (SSSR count). The van der Waals surface area contributed by atoms with E-state index >= 15 is 0 Å². The number of carbonyl (C=O) groups is 1. The SMILES string of the molecule is Cc1cccc(NS(=O)(=O)c2cc(NC(=O)C3(N)CC3)ccc2C)c1. The summed E-state index contributed by atoms with van der Waals surface area (Å²) in [5, 5.41) is 2.70. The molecular formula is C18H21N3O3S. The summed E-state index contributed by atoms with van der Waals surface area (Å²) in [5.41, 5.74) is 7.50. The molecule has 6 nitrogen and oxygen atoms in total. The molecule has 1 aliphatic carbocycles. The summed E-state index contributed by atoms with van der Waals surface area (Å²) in [6.45, 7) is 3.60. The molecule has 1 aliphatic rings. The summed E-state index contributed by atoms with van der Waals surface area (Å²) in [6.07, 6.45) is 1.29. The van der Waals surface area contributed by atoms with Crippen molar-refractivity contribution in [2.75, 3.05) is 10.0 Å². The molecule has 132 valence electrons. The highest BCUT2D eigenvalue weighted by molar-refractivity contribution is 7.92. The van der Waals surface area contributed by atoms with Gasteiger partial charge in [-0.3, -0.25) is 9.52 Å². The Morgan fingerprint density at radius 2 is 1.80 bits per heavy atom. The monoisotopic (exact) mass is 359 g/mol. The van der Waals surface area contributed by atoms with Gasteiger partial charge in [0.25, 0.3) is 10.0 Å². The lowest BCUT2D eigenvalue weighted by molar-refractivity contribution is -0.118. The Morgan fingerprint density at radius 1 is 1.08 bits per heavy atom. The molecular weight excluding hydrogens is 338 g/mol. The number of hydrogen-bond donors (Lipinski definition) is 3. The average molecular weight is 359 g/mol. The third-order valence-corrected chi connectivity index (χ3v) is 5.77. The molecule has 0 aliphatic heterocycles. The van der Waals surface area contributed by atoms with Gasteiger partial charge in [0.05, 0.1) is 10.4 Å². The lowest BCUT2D eigenvalue weighted by Crippen LogP contribution is -2.37. The first-order valence-electron chi connectivity index (χ1n) is 8.00. The predicted molar refractivity (Wildman–Crippen MR) is 97.9 cm³/mol. The Labute approximate surface area is 147 Å². The van der Waals surface area contributed by atoms with Crippen molar-refractivity contribution in [2.45, 2.75) is 37.1 Å². The van der Waals surface area contributed by atoms with Crippen LogP contribution in [0.2, 0.25) is 0 Å². The van der Waals surface area contributed by atoms with Gasteiger partial charge >= 0.3 is 0 Å². The van der Waals surface area contributed by atoms with Gasteiger partial charge in [-0.05, 0) is 62.1 Å². The van der Waals surface area contributed by atoms with E-state index in [9.17, 15) is 13.2 Å². The van der Waals surface area contributed by atoms with Gasteiger partial charge in [0.2, 0.25) is 5.91 Å². The van der Waals surface area contributed by atoms with Gasteiger partial charge in [-0.25, -0.2) is 8.42 Å². The zero-order valence-electron chi connectivity index (χ0n) is 14.2. The minimum atomic E-state index is -3.77. The minimum absolute atomic E-state index is 0.119. The number of nitrogens with one attached hydrogen (secondary N) is 2. The van der Waals surface area contributed by atoms with Gasteiger partial charge in [0.1, 0.15) is 0 Å². The van der Waals surface area contributed by atoms with Crippen molar-refractivity contribution in [2.24, 2.45) is 5.73 Å². The van der Waals surface area contributed by atoms with Crippen LogP contribution in [0.4, 0.5) is 11.4 Å². The van der Waals surface area contributed by atoms with Crippen LogP contribution in [0.25, 0.3) is 0 Å². The number of benzene rings is 2. The van der Waals surface area contributed by atoms with Crippen LogP contribution in [0.3, 0.4) is 0 Å². The summed E-state index contributed by atoms with van der Waals surface area (Å²) in [5.74, 6) is -0.286. The molecule has 7 heteroatoms. The molecule has 0 aromatic heterocycles. The number of nitrogens with two attached hydrogens (primary N) is 1. The second kappa shape index (κ2) is 6.16. The molecule has 1 amide bonds. The molecule has 2 aromatic carbocycles. The lowest BCUT2D eigenvalue weighted by atomic mass is 10.2. The van der Waals surface area contributed by atoms with Crippen LogP contribution in [0.1, 0.15) is 24.0 Å². The maximum Gasteiger partial charge on any atom is 0.262 e. The first-order chi connectivity index (χ1) is 11.7. The molecule has 0 radical (unpaired) electrons. The summed E-state index contributed by atoms with van der Waals surface area (Å²) in [4.78, 5) is 12.2. The maximum atomic E-state index is 12.7. The Morgan fingerprint density at radius 3 is 2.44 bits per heavy atom. The van der Waals surface area contributed by atoms with Gasteiger partial charge in [-0.15, -0.1) is 0 Å². The number of sulfonamides is 1. The zero-order chi connectivity index (χ0) is 18.2. The highest BCUT2D eigenvalue weighted by Crippen LogP contribution is 2.33. The maximum absolute atomic E-state index is 12.7. The van der Waals surface area contributed by atoms with Crippen molar-refractivity contribution in [3.05, 3.63) is 53.6 Å². The number of aryl methyl sites for hydroxylation is 2. The minimum Gasteiger partial charge on any atom is -0.324 e. The quantitative estimate of drug-likeness (QED) is 0.763. The predicted octanol–water partition coefficient (Wildman–Crippen LogP) is 2.53. The van der Waals surface area contributed by atoms with E-state index in [1.165, 1.54) is 6.07 Å². The van der Waals surface area contributed by atoms with E-state index < -0.39 is 15.6 Å². The topological polar surface area (TPSA) is 101 Å². The Kier molecular flexibility index (Phi) is 4.30. The number of carbonyl (C=O) groups excluding carboxylic acids is 1. The number of anilines is 2. The third-order valence-electron chi connectivity index (χ3n) is 4.25. The number of hydrogen-bond acceptors (Lipinski definition) is 4. The summed E-state index contributed by atoms with van der Waals surface area (Å²) < 4.78 is 28.0.